The van der Waals surface area contributed by atoms with E-state index in [1.54, 1.807) is 0 Å². The van der Waals surface area contributed by atoms with Crippen molar-refractivity contribution in [3.05, 3.63) is 24.5 Å². The van der Waals surface area contributed by atoms with E-state index < -0.39 is 0 Å². The Morgan fingerprint density at radius 2 is 2.09 bits per heavy atom. The Morgan fingerprint density at radius 3 is 2.68 bits per heavy atom. The van der Waals surface area contributed by atoms with E-state index in [0.717, 1.165) is 25.8 Å². The molecule has 1 saturated carbocycles. The zero-order valence-corrected chi connectivity index (χ0v) is 13.1. The molecule has 1 heterocycles. The van der Waals surface area contributed by atoms with Gasteiger partial charge in [0, 0.05) is 24.5 Å². The second kappa shape index (κ2) is 7.98. The molecular weight excluding hydrogens is 280 g/mol. The number of unbranched alkanes of at least 4 members (excludes halogenated alkanes) is 1. The van der Waals surface area contributed by atoms with Gasteiger partial charge in [0.2, 0.25) is 12.3 Å². The van der Waals surface area contributed by atoms with Crippen LogP contribution in [-0.2, 0) is 9.59 Å². The number of hydrogen-bond acceptors (Lipinski definition) is 3. The van der Waals surface area contributed by atoms with Gasteiger partial charge in [-0.25, -0.2) is 0 Å². The quantitative estimate of drug-likeness (QED) is 0.490. The average Bonchev–Trinajstić information content (AvgIpc) is 3.03. The molecular formula is C16H26N4O2. The first-order valence-electron chi connectivity index (χ1n) is 8.02. The minimum absolute atomic E-state index is 0.0513. The van der Waals surface area contributed by atoms with Gasteiger partial charge in [0.15, 0.2) is 0 Å². The molecule has 1 aliphatic rings. The van der Waals surface area contributed by atoms with Crippen LogP contribution in [0.25, 0.3) is 0 Å². The zero-order chi connectivity index (χ0) is 15.9. The van der Waals surface area contributed by atoms with Gasteiger partial charge in [0.1, 0.15) is 0 Å². The van der Waals surface area contributed by atoms with Crippen molar-refractivity contribution >= 4 is 12.3 Å². The lowest BCUT2D eigenvalue weighted by Crippen LogP contribution is -2.58. The van der Waals surface area contributed by atoms with Gasteiger partial charge in [-0.2, -0.15) is 0 Å². The van der Waals surface area contributed by atoms with Crippen molar-refractivity contribution in [3.8, 4) is 0 Å². The second-order valence-electron chi connectivity index (χ2n) is 5.99. The summed E-state index contributed by atoms with van der Waals surface area (Å²) in [5, 5.41) is 6.30. The summed E-state index contributed by atoms with van der Waals surface area (Å²) >= 11 is 0. The van der Waals surface area contributed by atoms with Crippen molar-refractivity contribution < 1.29 is 9.59 Å². The first kappa shape index (κ1) is 16.5. The van der Waals surface area contributed by atoms with Crippen LogP contribution in [0, 0.1) is 5.92 Å². The Morgan fingerprint density at radius 1 is 1.36 bits per heavy atom. The Balaban J connectivity index is 2.16. The summed E-state index contributed by atoms with van der Waals surface area (Å²) < 4.78 is 2.13. The van der Waals surface area contributed by atoms with Gasteiger partial charge in [-0.1, -0.05) is 13.3 Å². The van der Waals surface area contributed by atoms with Gasteiger partial charge in [-0.3, -0.25) is 9.59 Å². The first-order chi connectivity index (χ1) is 10.7. The SMILES string of the molecule is CCCCNC1CC(n2cccc2)CC(C(N)=O)C1NC=O. The predicted molar refractivity (Wildman–Crippen MR) is 85.1 cm³/mol. The van der Waals surface area contributed by atoms with Crippen LogP contribution >= 0.6 is 0 Å². The van der Waals surface area contributed by atoms with E-state index in [0.29, 0.717) is 12.8 Å². The van der Waals surface area contributed by atoms with Gasteiger partial charge in [0.25, 0.3) is 0 Å². The normalized spacial score (nSPS) is 28.2. The van der Waals surface area contributed by atoms with E-state index in [-0.39, 0.29) is 30.0 Å². The molecule has 4 N–H and O–H groups in total. The van der Waals surface area contributed by atoms with Crippen LogP contribution in [0.3, 0.4) is 0 Å². The number of aromatic nitrogens is 1. The number of primary amides is 1. The Labute approximate surface area is 131 Å². The standard InChI is InChI=1S/C16H26N4O2/c1-2-3-6-18-14-10-12(20-7-4-5-8-20)9-13(16(17)22)15(14)19-11-21/h4-5,7-8,11-15,18H,2-3,6,9-10H2,1H3,(H2,17,22)(H,19,21). The zero-order valence-electron chi connectivity index (χ0n) is 13.1. The number of nitrogens with two attached hydrogens (primary N) is 1. The molecule has 22 heavy (non-hydrogen) atoms. The molecule has 0 radical (unpaired) electrons. The van der Waals surface area contributed by atoms with Crippen molar-refractivity contribution in [2.75, 3.05) is 6.54 Å². The highest BCUT2D eigenvalue weighted by Crippen LogP contribution is 2.33. The van der Waals surface area contributed by atoms with Crippen molar-refractivity contribution in [3.63, 3.8) is 0 Å². The number of rotatable bonds is 8. The minimum atomic E-state index is -0.356. The predicted octanol–water partition coefficient (Wildman–Crippen LogP) is 0.797. The van der Waals surface area contributed by atoms with E-state index >= 15 is 0 Å². The lowest BCUT2D eigenvalue weighted by molar-refractivity contribution is -0.125. The molecule has 1 fully saturated rings. The smallest absolute Gasteiger partial charge is 0.222 e. The fraction of sp³-hybridized carbons (Fsp3) is 0.625. The average molecular weight is 306 g/mol. The Bertz CT molecular complexity index is 475. The van der Waals surface area contributed by atoms with Crippen molar-refractivity contribution in [1.29, 1.82) is 0 Å². The molecule has 122 valence electrons. The third-order valence-electron chi connectivity index (χ3n) is 4.53. The molecule has 0 aromatic carbocycles. The molecule has 0 aliphatic heterocycles. The first-order valence-corrected chi connectivity index (χ1v) is 8.02. The largest absolute Gasteiger partial charge is 0.369 e. The number of carbonyl (C=O) groups is 2. The third-order valence-corrected chi connectivity index (χ3v) is 4.53. The van der Waals surface area contributed by atoms with E-state index in [2.05, 4.69) is 22.1 Å². The number of nitrogens with one attached hydrogen (secondary N) is 2. The molecule has 0 bridgehead atoms. The molecule has 6 nitrogen and oxygen atoms in total. The minimum Gasteiger partial charge on any atom is -0.369 e. The summed E-state index contributed by atoms with van der Waals surface area (Å²) in [5.74, 6) is -0.705. The van der Waals surface area contributed by atoms with Gasteiger partial charge in [-0.05, 0) is 37.9 Å². The highest BCUT2D eigenvalue weighted by atomic mass is 16.1. The summed E-state index contributed by atoms with van der Waals surface area (Å²) in [7, 11) is 0. The van der Waals surface area contributed by atoms with Gasteiger partial charge < -0.3 is 20.9 Å². The Kier molecular flexibility index (Phi) is 6.00. The molecule has 2 rings (SSSR count). The van der Waals surface area contributed by atoms with E-state index in [1.165, 1.54) is 0 Å². The highest BCUT2D eigenvalue weighted by Gasteiger charge is 2.40. The topological polar surface area (TPSA) is 89.2 Å². The monoisotopic (exact) mass is 306 g/mol. The van der Waals surface area contributed by atoms with Gasteiger partial charge >= 0.3 is 0 Å². The van der Waals surface area contributed by atoms with Crippen molar-refractivity contribution in [2.24, 2.45) is 11.7 Å². The van der Waals surface area contributed by atoms with Crippen LogP contribution in [0.15, 0.2) is 24.5 Å². The molecule has 6 heteroatoms. The molecule has 1 aromatic heterocycles. The van der Waals surface area contributed by atoms with Crippen LogP contribution in [-0.4, -0.2) is 35.5 Å². The van der Waals surface area contributed by atoms with Crippen LogP contribution in [0.4, 0.5) is 0 Å². The number of amides is 2. The number of nitrogens with zero attached hydrogens (tertiary/aromatic N) is 1. The molecule has 0 saturated heterocycles. The van der Waals surface area contributed by atoms with Crippen LogP contribution in [0.5, 0.6) is 0 Å². The van der Waals surface area contributed by atoms with E-state index in [4.69, 9.17) is 5.73 Å². The third kappa shape index (κ3) is 3.88. The van der Waals surface area contributed by atoms with E-state index in [1.807, 2.05) is 24.5 Å². The summed E-state index contributed by atoms with van der Waals surface area (Å²) in [5.41, 5.74) is 5.59. The summed E-state index contributed by atoms with van der Waals surface area (Å²) in [6.07, 6.45) is 8.39. The van der Waals surface area contributed by atoms with Gasteiger partial charge in [-0.15, -0.1) is 0 Å². The molecule has 1 aromatic rings. The van der Waals surface area contributed by atoms with Crippen LogP contribution in [0.2, 0.25) is 0 Å². The summed E-state index contributed by atoms with van der Waals surface area (Å²) in [6.45, 7) is 3.01. The Hall–Kier alpha value is -1.82. The molecule has 4 atom stereocenters. The molecule has 1 aliphatic carbocycles. The fourth-order valence-electron chi connectivity index (χ4n) is 3.37. The van der Waals surface area contributed by atoms with Crippen molar-refractivity contribution in [2.45, 2.75) is 50.7 Å². The fourth-order valence-corrected chi connectivity index (χ4v) is 3.37. The van der Waals surface area contributed by atoms with Crippen LogP contribution < -0.4 is 16.4 Å². The highest BCUT2D eigenvalue weighted by molar-refractivity contribution is 5.78. The molecule has 0 spiro atoms. The lowest BCUT2D eigenvalue weighted by Gasteiger charge is -2.41. The molecule has 2 amide bonds. The maximum absolute atomic E-state index is 11.9. The maximum Gasteiger partial charge on any atom is 0.222 e. The van der Waals surface area contributed by atoms with Gasteiger partial charge in [0.05, 0.1) is 12.0 Å². The lowest BCUT2D eigenvalue weighted by atomic mass is 9.77. The maximum atomic E-state index is 11.9. The van der Waals surface area contributed by atoms with E-state index in [9.17, 15) is 9.59 Å². The summed E-state index contributed by atoms with van der Waals surface area (Å²) in [4.78, 5) is 22.8. The number of carbonyl (C=O) groups excluding carboxylic acids is 2. The summed E-state index contributed by atoms with van der Waals surface area (Å²) in [6, 6.07) is 3.99. The van der Waals surface area contributed by atoms with Crippen molar-refractivity contribution in [1.82, 2.24) is 15.2 Å². The van der Waals surface area contributed by atoms with Crippen LogP contribution in [0.1, 0.15) is 38.6 Å². The molecule has 4 unspecified atom stereocenters. The second-order valence-corrected chi connectivity index (χ2v) is 5.99. The number of hydrogen-bond donors (Lipinski definition) is 3.